The van der Waals surface area contributed by atoms with E-state index in [9.17, 15) is 0 Å². The van der Waals surface area contributed by atoms with Gasteiger partial charge in [-0.3, -0.25) is 0 Å². The fraction of sp³-hybridized carbons (Fsp3) is 0.250. The van der Waals surface area contributed by atoms with E-state index in [0.717, 1.165) is 11.4 Å². The van der Waals surface area contributed by atoms with Crippen molar-refractivity contribution in [2.75, 3.05) is 0 Å². The number of rotatable bonds is 2. The van der Waals surface area contributed by atoms with Gasteiger partial charge in [-0.25, -0.2) is 15.0 Å². The van der Waals surface area contributed by atoms with Crippen LogP contribution < -0.4 is 0 Å². The van der Waals surface area contributed by atoms with Crippen LogP contribution >= 0.6 is 11.6 Å². The maximum atomic E-state index is 5.75. The van der Waals surface area contributed by atoms with Gasteiger partial charge in [0.15, 0.2) is 5.82 Å². The molecule has 0 aliphatic heterocycles. The summed E-state index contributed by atoms with van der Waals surface area (Å²) in [5.74, 6) is 1.28. The molecule has 0 unspecified atom stereocenters. The lowest BCUT2D eigenvalue weighted by Gasteiger charge is -2.01. The summed E-state index contributed by atoms with van der Waals surface area (Å²) in [5, 5.41) is 0.544. The smallest absolute Gasteiger partial charge is 0.178 e. The van der Waals surface area contributed by atoms with Crippen LogP contribution in [0.25, 0.3) is 11.5 Å². The molecule has 0 amide bonds. The van der Waals surface area contributed by atoms with E-state index in [4.69, 9.17) is 11.6 Å². The fourth-order valence-corrected chi connectivity index (χ4v) is 1.72. The summed E-state index contributed by atoms with van der Waals surface area (Å²) in [5.41, 5.74) is 1.97. The van der Waals surface area contributed by atoms with Gasteiger partial charge in [0.1, 0.15) is 5.69 Å². The first kappa shape index (κ1) is 9.73. The van der Waals surface area contributed by atoms with Gasteiger partial charge in [-0.1, -0.05) is 17.7 Å². The third-order valence-electron chi connectivity index (χ3n) is 2.62. The molecule has 0 radical (unpaired) electrons. The van der Waals surface area contributed by atoms with Crippen molar-refractivity contribution in [3.05, 3.63) is 41.3 Å². The molecular weight excluding hydrogens is 222 g/mol. The Morgan fingerprint density at radius 2 is 1.88 bits per heavy atom. The molecule has 2 heterocycles. The lowest BCUT2D eigenvalue weighted by Crippen LogP contribution is -1.93. The number of nitrogens with zero attached hydrogens (tertiary/aromatic N) is 3. The number of halogens is 1. The van der Waals surface area contributed by atoms with E-state index in [1.165, 1.54) is 12.8 Å². The first-order valence-corrected chi connectivity index (χ1v) is 5.65. The predicted octanol–water partition coefficient (Wildman–Crippen LogP) is 3.07. The molecule has 3 nitrogen and oxygen atoms in total. The molecule has 4 heteroatoms. The fourth-order valence-electron chi connectivity index (χ4n) is 1.63. The van der Waals surface area contributed by atoms with Gasteiger partial charge in [0.05, 0.1) is 5.02 Å². The maximum absolute atomic E-state index is 5.75. The van der Waals surface area contributed by atoms with E-state index in [1.54, 1.807) is 12.4 Å². The standard InChI is InChI=1S/C12H10ClN3/c13-9-6-14-12(15-7-9)11-3-1-2-10(16-11)8-4-5-8/h1-3,6-8H,4-5H2. The third kappa shape index (κ3) is 1.91. The molecule has 16 heavy (non-hydrogen) atoms. The van der Waals surface area contributed by atoms with Gasteiger partial charge in [0, 0.05) is 24.0 Å². The van der Waals surface area contributed by atoms with Crippen molar-refractivity contribution < 1.29 is 0 Å². The lowest BCUT2D eigenvalue weighted by molar-refractivity contribution is 1.01. The van der Waals surface area contributed by atoms with Crippen LogP contribution in [-0.4, -0.2) is 15.0 Å². The molecule has 0 atom stereocenters. The van der Waals surface area contributed by atoms with Gasteiger partial charge < -0.3 is 0 Å². The van der Waals surface area contributed by atoms with E-state index in [-0.39, 0.29) is 0 Å². The van der Waals surface area contributed by atoms with E-state index in [2.05, 4.69) is 21.0 Å². The molecule has 0 spiro atoms. The van der Waals surface area contributed by atoms with Crippen molar-refractivity contribution in [2.45, 2.75) is 18.8 Å². The van der Waals surface area contributed by atoms with Crippen molar-refractivity contribution >= 4 is 11.6 Å². The molecule has 3 rings (SSSR count). The molecular formula is C12H10ClN3. The van der Waals surface area contributed by atoms with Gasteiger partial charge in [0.25, 0.3) is 0 Å². The van der Waals surface area contributed by atoms with Gasteiger partial charge >= 0.3 is 0 Å². The minimum absolute atomic E-state index is 0.544. The summed E-state index contributed by atoms with van der Waals surface area (Å²) >= 11 is 5.75. The van der Waals surface area contributed by atoms with Crippen molar-refractivity contribution in [3.8, 4) is 11.5 Å². The average molecular weight is 232 g/mol. The zero-order valence-corrected chi connectivity index (χ0v) is 9.35. The van der Waals surface area contributed by atoms with Crippen molar-refractivity contribution in [3.63, 3.8) is 0 Å². The molecule has 2 aromatic rings. The summed E-state index contributed by atoms with van der Waals surface area (Å²) in [6, 6.07) is 6.00. The Hall–Kier alpha value is -1.48. The Morgan fingerprint density at radius 1 is 1.12 bits per heavy atom. The van der Waals surface area contributed by atoms with Crippen LogP contribution in [0.15, 0.2) is 30.6 Å². The molecule has 1 aliphatic rings. The SMILES string of the molecule is Clc1cnc(-c2cccc(C3CC3)n2)nc1. The molecule has 1 aliphatic carbocycles. The number of hydrogen-bond acceptors (Lipinski definition) is 3. The molecule has 80 valence electrons. The second-order valence-corrected chi connectivity index (χ2v) is 4.38. The Bertz CT molecular complexity index is 506. The first-order chi connectivity index (χ1) is 7.83. The highest BCUT2D eigenvalue weighted by Crippen LogP contribution is 2.39. The summed E-state index contributed by atoms with van der Waals surface area (Å²) in [7, 11) is 0. The largest absolute Gasteiger partial charge is 0.249 e. The number of aromatic nitrogens is 3. The zero-order chi connectivity index (χ0) is 11.0. The highest BCUT2D eigenvalue weighted by atomic mass is 35.5. The van der Waals surface area contributed by atoms with Crippen LogP contribution in [0.5, 0.6) is 0 Å². The molecule has 1 fully saturated rings. The number of pyridine rings is 1. The van der Waals surface area contributed by atoms with Crippen LogP contribution in [0.3, 0.4) is 0 Å². The van der Waals surface area contributed by atoms with Gasteiger partial charge in [-0.15, -0.1) is 0 Å². The van der Waals surface area contributed by atoms with E-state index < -0.39 is 0 Å². The average Bonchev–Trinajstić information content (AvgIpc) is 3.14. The second kappa shape index (κ2) is 3.83. The zero-order valence-electron chi connectivity index (χ0n) is 8.60. The topological polar surface area (TPSA) is 38.7 Å². The van der Waals surface area contributed by atoms with Gasteiger partial charge in [0.2, 0.25) is 0 Å². The van der Waals surface area contributed by atoms with Crippen LogP contribution in [0.1, 0.15) is 24.5 Å². The third-order valence-corrected chi connectivity index (χ3v) is 2.81. The Labute approximate surface area is 98.5 Å². The molecule has 1 saturated carbocycles. The highest BCUT2D eigenvalue weighted by Gasteiger charge is 2.25. The summed E-state index contributed by atoms with van der Waals surface area (Å²) < 4.78 is 0. The molecule has 0 saturated heterocycles. The quantitative estimate of drug-likeness (QED) is 0.797. The van der Waals surface area contributed by atoms with E-state index in [0.29, 0.717) is 16.8 Å². The monoisotopic (exact) mass is 231 g/mol. The normalized spacial score (nSPS) is 15.1. The Kier molecular flexibility index (Phi) is 2.33. The molecule has 0 N–H and O–H groups in total. The van der Waals surface area contributed by atoms with E-state index >= 15 is 0 Å². The van der Waals surface area contributed by atoms with Crippen molar-refractivity contribution in [1.29, 1.82) is 0 Å². The van der Waals surface area contributed by atoms with Crippen LogP contribution in [-0.2, 0) is 0 Å². The number of hydrogen-bond donors (Lipinski definition) is 0. The Balaban J connectivity index is 1.98. The molecule has 0 bridgehead atoms. The summed E-state index contributed by atoms with van der Waals surface area (Å²) in [6.07, 6.45) is 5.68. The lowest BCUT2D eigenvalue weighted by atomic mass is 10.2. The van der Waals surface area contributed by atoms with Gasteiger partial charge in [-0.05, 0) is 25.0 Å². The van der Waals surface area contributed by atoms with Gasteiger partial charge in [-0.2, -0.15) is 0 Å². The molecule has 0 aromatic carbocycles. The minimum Gasteiger partial charge on any atom is -0.249 e. The minimum atomic E-state index is 0.544. The predicted molar refractivity (Wildman–Crippen MR) is 62.2 cm³/mol. The van der Waals surface area contributed by atoms with Crippen LogP contribution in [0, 0.1) is 0 Å². The van der Waals surface area contributed by atoms with Crippen molar-refractivity contribution in [2.24, 2.45) is 0 Å². The van der Waals surface area contributed by atoms with Crippen LogP contribution in [0.4, 0.5) is 0 Å². The Morgan fingerprint density at radius 3 is 2.56 bits per heavy atom. The van der Waals surface area contributed by atoms with E-state index in [1.807, 2.05) is 12.1 Å². The van der Waals surface area contributed by atoms with Crippen LogP contribution in [0.2, 0.25) is 5.02 Å². The van der Waals surface area contributed by atoms with Crippen molar-refractivity contribution in [1.82, 2.24) is 15.0 Å². The summed E-state index contributed by atoms with van der Waals surface area (Å²) in [6.45, 7) is 0. The highest BCUT2D eigenvalue weighted by molar-refractivity contribution is 6.30. The first-order valence-electron chi connectivity index (χ1n) is 5.28. The summed E-state index contributed by atoms with van der Waals surface area (Å²) in [4.78, 5) is 12.9. The molecule has 2 aromatic heterocycles. The second-order valence-electron chi connectivity index (χ2n) is 3.95. The maximum Gasteiger partial charge on any atom is 0.178 e.